The molecule has 1 aliphatic rings. The SMILES string of the molecule is O=[N+]([O-])c1ccc(C=CCN2CCN(C(c3ccc(F)cc3)c3ccc(F)cc3)CC2)cc1. The molecule has 1 fully saturated rings. The lowest BCUT2D eigenvalue weighted by molar-refractivity contribution is -0.384. The summed E-state index contributed by atoms with van der Waals surface area (Å²) >= 11 is 0. The summed E-state index contributed by atoms with van der Waals surface area (Å²) < 4.78 is 27.0. The van der Waals surface area contributed by atoms with Crippen LogP contribution in [0.4, 0.5) is 14.5 Å². The van der Waals surface area contributed by atoms with Gasteiger partial charge in [-0.1, -0.05) is 36.4 Å². The maximum atomic E-state index is 13.5. The number of benzene rings is 3. The summed E-state index contributed by atoms with van der Waals surface area (Å²) in [5.74, 6) is -0.553. The van der Waals surface area contributed by atoms with Crippen LogP contribution in [0.3, 0.4) is 0 Å². The molecular weight excluding hydrogens is 424 g/mol. The zero-order valence-electron chi connectivity index (χ0n) is 18.1. The van der Waals surface area contributed by atoms with Gasteiger partial charge in [0.05, 0.1) is 11.0 Å². The molecule has 170 valence electrons. The van der Waals surface area contributed by atoms with Gasteiger partial charge in [-0.3, -0.25) is 19.9 Å². The summed E-state index contributed by atoms with van der Waals surface area (Å²) in [5, 5.41) is 10.8. The molecule has 0 bridgehead atoms. The molecule has 3 aromatic carbocycles. The number of rotatable bonds is 7. The van der Waals surface area contributed by atoms with E-state index in [9.17, 15) is 18.9 Å². The fraction of sp³-hybridized carbons (Fsp3) is 0.231. The summed E-state index contributed by atoms with van der Waals surface area (Å²) in [6, 6.07) is 19.4. The van der Waals surface area contributed by atoms with Crippen molar-refractivity contribution >= 4 is 11.8 Å². The van der Waals surface area contributed by atoms with E-state index >= 15 is 0 Å². The van der Waals surface area contributed by atoms with Gasteiger partial charge in [0, 0.05) is 44.9 Å². The number of nitro groups is 1. The number of nitrogens with zero attached hydrogens (tertiary/aromatic N) is 3. The topological polar surface area (TPSA) is 49.6 Å². The van der Waals surface area contributed by atoms with Crippen molar-refractivity contribution in [3.05, 3.63) is 117 Å². The second-order valence-corrected chi connectivity index (χ2v) is 8.09. The second-order valence-electron chi connectivity index (χ2n) is 8.09. The van der Waals surface area contributed by atoms with Crippen molar-refractivity contribution in [3.8, 4) is 0 Å². The van der Waals surface area contributed by atoms with Crippen molar-refractivity contribution in [2.75, 3.05) is 32.7 Å². The summed E-state index contributed by atoms with van der Waals surface area (Å²) in [4.78, 5) is 15.0. The standard InChI is InChI=1S/C26H25F2N3O2/c27-23-9-5-21(6-10-23)26(22-7-11-24(28)12-8-22)30-18-16-29(17-19-30)15-1-2-20-3-13-25(14-4-20)31(32)33/h1-14,26H,15-19H2. The molecule has 33 heavy (non-hydrogen) atoms. The number of halogens is 2. The molecule has 0 radical (unpaired) electrons. The third kappa shape index (κ3) is 5.88. The van der Waals surface area contributed by atoms with Crippen LogP contribution in [0.1, 0.15) is 22.7 Å². The van der Waals surface area contributed by atoms with E-state index in [0.717, 1.165) is 49.4 Å². The average Bonchev–Trinajstić information content (AvgIpc) is 2.83. The summed E-state index contributed by atoms with van der Waals surface area (Å²) in [6.45, 7) is 4.16. The molecule has 7 heteroatoms. The third-order valence-corrected chi connectivity index (χ3v) is 5.92. The molecule has 0 unspecified atom stereocenters. The van der Waals surface area contributed by atoms with Crippen LogP contribution in [0.2, 0.25) is 0 Å². The van der Waals surface area contributed by atoms with Crippen molar-refractivity contribution in [3.63, 3.8) is 0 Å². The molecule has 1 heterocycles. The van der Waals surface area contributed by atoms with E-state index in [2.05, 4.69) is 15.9 Å². The first-order valence-corrected chi connectivity index (χ1v) is 10.9. The molecule has 0 atom stereocenters. The lowest BCUT2D eigenvalue weighted by Crippen LogP contribution is -2.47. The Morgan fingerprint density at radius 1 is 0.818 bits per heavy atom. The average molecular weight is 450 g/mol. The van der Waals surface area contributed by atoms with Gasteiger partial charge in [-0.25, -0.2) is 8.78 Å². The van der Waals surface area contributed by atoms with Crippen molar-refractivity contribution < 1.29 is 13.7 Å². The van der Waals surface area contributed by atoms with Gasteiger partial charge < -0.3 is 0 Å². The Balaban J connectivity index is 1.39. The van der Waals surface area contributed by atoms with Crippen molar-refractivity contribution in [2.45, 2.75) is 6.04 Å². The van der Waals surface area contributed by atoms with Crippen LogP contribution in [-0.2, 0) is 0 Å². The van der Waals surface area contributed by atoms with Crippen LogP contribution in [0.15, 0.2) is 78.9 Å². The predicted octanol–water partition coefficient (Wildman–Crippen LogP) is 5.29. The minimum Gasteiger partial charge on any atom is -0.297 e. The van der Waals surface area contributed by atoms with E-state index in [1.807, 2.05) is 6.08 Å². The Bertz CT molecular complexity index is 1050. The molecule has 0 aliphatic carbocycles. The van der Waals surface area contributed by atoms with Crippen molar-refractivity contribution in [1.82, 2.24) is 9.80 Å². The smallest absolute Gasteiger partial charge is 0.269 e. The van der Waals surface area contributed by atoms with Gasteiger partial charge in [-0.05, 0) is 53.1 Å². The van der Waals surface area contributed by atoms with E-state index in [0.29, 0.717) is 0 Å². The van der Waals surface area contributed by atoms with Crippen LogP contribution >= 0.6 is 0 Å². The predicted molar refractivity (Wildman–Crippen MR) is 125 cm³/mol. The van der Waals surface area contributed by atoms with E-state index in [-0.39, 0.29) is 23.4 Å². The highest BCUT2D eigenvalue weighted by Crippen LogP contribution is 2.30. The van der Waals surface area contributed by atoms with Crippen LogP contribution in [0.25, 0.3) is 6.08 Å². The lowest BCUT2D eigenvalue weighted by atomic mass is 9.96. The maximum absolute atomic E-state index is 13.5. The van der Waals surface area contributed by atoms with Crippen molar-refractivity contribution in [2.24, 2.45) is 0 Å². The molecule has 3 aromatic rings. The molecule has 1 aliphatic heterocycles. The minimum absolute atomic E-state index is 0.0657. The number of hydrogen-bond acceptors (Lipinski definition) is 4. The highest BCUT2D eigenvalue weighted by Gasteiger charge is 2.26. The van der Waals surface area contributed by atoms with Crippen LogP contribution in [0.5, 0.6) is 0 Å². The molecule has 5 nitrogen and oxygen atoms in total. The Kier molecular flexibility index (Phi) is 7.22. The second kappa shape index (κ2) is 10.5. The largest absolute Gasteiger partial charge is 0.297 e. The molecule has 0 saturated carbocycles. The first-order valence-electron chi connectivity index (χ1n) is 10.9. The first-order chi connectivity index (χ1) is 16.0. The van der Waals surface area contributed by atoms with Gasteiger partial charge >= 0.3 is 0 Å². The molecule has 0 N–H and O–H groups in total. The highest BCUT2D eigenvalue weighted by molar-refractivity contribution is 5.51. The lowest BCUT2D eigenvalue weighted by Gasteiger charge is -2.39. The molecule has 4 rings (SSSR count). The van der Waals surface area contributed by atoms with E-state index in [1.165, 1.54) is 36.4 Å². The quantitative estimate of drug-likeness (QED) is 0.363. The van der Waals surface area contributed by atoms with Crippen LogP contribution in [0, 0.1) is 21.7 Å². The van der Waals surface area contributed by atoms with Gasteiger partial charge in [0.15, 0.2) is 0 Å². The normalized spacial score (nSPS) is 15.4. The van der Waals surface area contributed by atoms with Gasteiger partial charge in [0.2, 0.25) is 0 Å². The van der Waals surface area contributed by atoms with Gasteiger partial charge in [-0.15, -0.1) is 0 Å². The van der Waals surface area contributed by atoms with Crippen molar-refractivity contribution in [1.29, 1.82) is 0 Å². The zero-order valence-corrected chi connectivity index (χ0v) is 18.1. The number of piperazine rings is 1. The molecular formula is C26H25F2N3O2. The van der Waals surface area contributed by atoms with Crippen LogP contribution < -0.4 is 0 Å². The van der Waals surface area contributed by atoms with Gasteiger partial charge in [-0.2, -0.15) is 0 Å². The van der Waals surface area contributed by atoms with E-state index < -0.39 is 4.92 Å². The zero-order chi connectivity index (χ0) is 23.2. The fourth-order valence-corrected chi connectivity index (χ4v) is 4.15. The van der Waals surface area contributed by atoms with Gasteiger partial charge in [0.25, 0.3) is 5.69 Å². The monoisotopic (exact) mass is 449 g/mol. The fourth-order valence-electron chi connectivity index (χ4n) is 4.15. The number of hydrogen-bond donors (Lipinski definition) is 0. The Labute approximate surface area is 191 Å². The molecule has 1 saturated heterocycles. The summed E-state index contributed by atoms with van der Waals surface area (Å²) in [7, 11) is 0. The molecule has 0 aromatic heterocycles. The summed E-state index contributed by atoms with van der Waals surface area (Å²) in [6.07, 6.45) is 4.03. The Morgan fingerprint density at radius 2 is 1.33 bits per heavy atom. The third-order valence-electron chi connectivity index (χ3n) is 5.92. The molecule has 0 amide bonds. The highest BCUT2D eigenvalue weighted by atomic mass is 19.1. The number of non-ortho nitro benzene ring substituents is 1. The maximum Gasteiger partial charge on any atom is 0.269 e. The van der Waals surface area contributed by atoms with Crippen LogP contribution in [-0.4, -0.2) is 47.4 Å². The first kappa shape index (κ1) is 22.8. The van der Waals surface area contributed by atoms with Gasteiger partial charge in [0.1, 0.15) is 11.6 Å². The van der Waals surface area contributed by atoms with E-state index in [4.69, 9.17) is 0 Å². The number of nitro benzene ring substituents is 1. The van der Waals surface area contributed by atoms with E-state index in [1.54, 1.807) is 36.4 Å². The Hall–Kier alpha value is -3.42. The minimum atomic E-state index is -0.405. The molecule has 0 spiro atoms. The summed E-state index contributed by atoms with van der Waals surface area (Å²) in [5.41, 5.74) is 2.97. The Morgan fingerprint density at radius 3 is 1.82 bits per heavy atom.